The van der Waals surface area contributed by atoms with Crippen molar-refractivity contribution in [1.82, 2.24) is 0 Å². The first-order chi connectivity index (χ1) is 38.6. The predicted octanol–water partition coefficient (Wildman–Crippen LogP) is 19.5. The number of aryl methyl sites for hydroxylation is 2. The second-order valence-electron chi connectivity index (χ2n) is 23.8. The number of hydrogen-bond acceptors (Lipinski definition) is 1. The number of para-hydroxylation sites is 1. The SMILES string of the molecule is c1ccc(-c2cccc(-c3ccccc3N(c3ccc4c(c3)C3(c5ccccc5CCc5ccc(-c6cccc7ccccc67)cc53)c3ccccc3-4)c3ccc4c(c3)C3(c5ccccc5-4)C4CC5CC(C4)CC3C5)c2)cc1. The second-order valence-corrected chi connectivity index (χ2v) is 23.8. The lowest BCUT2D eigenvalue weighted by molar-refractivity contribution is -0.0399. The Morgan fingerprint density at radius 1 is 0.308 bits per heavy atom. The van der Waals surface area contributed by atoms with Gasteiger partial charge in [0, 0.05) is 22.4 Å². The van der Waals surface area contributed by atoms with Gasteiger partial charge >= 0.3 is 0 Å². The molecule has 4 fully saturated rings. The molecule has 0 radical (unpaired) electrons. The van der Waals surface area contributed by atoms with Crippen molar-refractivity contribution in [2.24, 2.45) is 23.7 Å². The van der Waals surface area contributed by atoms with Crippen LogP contribution in [-0.2, 0) is 23.7 Å². The van der Waals surface area contributed by atoms with Crippen LogP contribution in [0, 0.1) is 23.7 Å². The Hall–Kier alpha value is -8.52. The summed E-state index contributed by atoms with van der Waals surface area (Å²) in [5.74, 6) is 3.08. The van der Waals surface area contributed by atoms with Crippen LogP contribution in [-0.4, -0.2) is 0 Å². The topological polar surface area (TPSA) is 3.24 Å². The van der Waals surface area contributed by atoms with Gasteiger partial charge in [0.1, 0.15) is 0 Å². The van der Waals surface area contributed by atoms with Gasteiger partial charge in [0.2, 0.25) is 0 Å². The Morgan fingerprint density at radius 2 is 0.846 bits per heavy atom. The lowest BCUT2D eigenvalue weighted by Gasteiger charge is -2.61. The van der Waals surface area contributed by atoms with Gasteiger partial charge in [-0.2, -0.15) is 0 Å². The summed E-state index contributed by atoms with van der Waals surface area (Å²) in [4.78, 5) is 2.66. The molecule has 1 atom stereocenters. The summed E-state index contributed by atoms with van der Waals surface area (Å²) >= 11 is 0. The molecule has 0 aromatic heterocycles. The number of benzene rings is 11. The highest BCUT2D eigenvalue weighted by Gasteiger charge is 2.61. The molecule has 11 aromatic carbocycles. The highest BCUT2D eigenvalue weighted by molar-refractivity contribution is 5.98. The maximum atomic E-state index is 2.69. The lowest BCUT2D eigenvalue weighted by Crippen LogP contribution is -2.55. The molecule has 0 heterocycles. The predicted molar refractivity (Wildman–Crippen MR) is 323 cm³/mol. The van der Waals surface area contributed by atoms with E-state index in [0.29, 0.717) is 11.8 Å². The van der Waals surface area contributed by atoms with E-state index < -0.39 is 5.41 Å². The Labute approximate surface area is 458 Å². The van der Waals surface area contributed by atoms with Crippen LogP contribution in [0.4, 0.5) is 17.1 Å². The van der Waals surface area contributed by atoms with Crippen LogP contribution >= 0.6 is 0 Å². The summed E-state index contributed by atoms with van der Waals surface area (Å²) in [6.07, 6.45) is 8.83. The largest absolute Gasteiger partial charge is 0.310 e. The highest BCUT2D eigenvalue weighted by Crippen LogP contribution is 2.70. The quantitative estimate of drug-likeness (QED) is 0.160. The van der Waals surface area contributed by atoms with E-state index in [1.54, 1.807) is 11.1 Å². The molecule has 0 amide bonds. The van der Waals surface area contributed by atoms with E-state index in [0.717, 1.165) is 24.7 Å². The van der Waals surface area contributed by atoms with E-state index in [1.165, 1.54) is 149 Å². The van der Waals surface area contributed by atoms with Crippen LogP contribution in [0.1, 0.15) is 76.6 Å². The molecule has 4 saturated carbocycles. The van der Waals surface area contributed by atoms with Crippen molar-refractivity contribution in [2.45, 2.75) is 55.8 Å². The summed E-state index contributed by atoms with van der Waals surface area (Å²) in [6, 6.07) is 96.0. The number of hydrogen-bond donors (Lipinski definition) is 0. The normalized spacial score (nSPS) is 22.4. The summed E-state index contributed by atoms with van der Waals surface area (Å²) in [7, 11) is 0. The summed E-state index contributed by atoms with van der Waals surface area (Å²) < 4.78 is 0. The fourth-order valence-corrected chi connectivity index (χ4v) is 17.4. The van der Waals surface area contributed by atoms with Crippen molar-refractivity contribution in [1.29, 1.82) is 0 Å². The Morgan fingerprint density at radius 3 is 1.64 bits per heavy atom. The van der Waals surface area contributed by atoms with E-state index in [1.807, 2.05) is 0 Å². The minimum atomic E-state index is -0.579. The van der Waals surface area contributed by atoms with Gasteiger partial charge < -0.3 is 4.90 Å². The zero-order chi connectivity index (χ0) is 51.1. The average Bonchev–Trinajstić information content (AvgIpc) is 3.66. The van der Waals surface area contributed by atoms with E-state index in [2.05, 4.69) is 254 Å². The fourth-order valence-electron chi connectivity index (χ4n) is 17.4. The molecule has 0 N–H and O–H groups in total. The van der Waals surface area contributed by atoms with Gasteiger partial charge in [0.15, 0.2) is 0 Å². The first-order valence-corrected chi connectivity index (χ1v) is 28.9. The molecule has 7 aliphatic rings. The monoisotopic (exact) mass is 997 g/mol. The van der Waals surface area contributed by atoms with Crippen molar-refractivity contribution in [2.75, 3.05) is 4.90 Å². The van der Waals surface area contributed by atoms with Crippen molar-refractivity contribution >= 4 is 27.8 Å². The fraction of sp³-hybridized carbons (Fsp3) is 0.169. The standard InChI is InChI=1S/C77H59N/c1-2-16-51(17-3-1)55-21-14-22-56(45-55)64-24-9-13-31-75(64)78(60-36-38-67-65-25-7-11-29-70(65)76(73(67)47-60)58-41-49-40-50(43-58)44-59(76)42-49)61-37-39-68-66-26-8-12-30-71(66)77(74(68)48-61)69-28-10-5-19-53(69)32-33-54-34-35-57(46-72(54)77)63-27-15-20-52-18-4-6-23-62(52)63/h1-31,34-39,45-50,58-59H,32-33,40-44H2. The Balaban J connectivity index is 0.931. The van der Waals surface area contributed by atoms with Gasteiger partial charge in [0.05, 0.1) is 11.1 Å². The molecule has 7 aliphatic carbocycles. The summed E-state index contributed by atoms with van der Waals surface area (Å²) in [5, 5.41) is 2.55. The van der Waals surface area contributed by atoms with Crippen molar-refractivity contribution in [3.05, 3.63) is 293 Å². The van der Waals surface area contributed by atoms with E-state index in [4.69, 9.17) is 0 Å². The molecule has 11 aromatic rings. The van der Waals surface area contributed by atoms with Gasteiger partial charge in [-0.15, -0.1) is 0 Å². The zero-order valence-corrected chi connectivity index (χ0v) is 43.9. The van der Waals surface area contributed by atoms with E-state index in [-0.39, 0.29) is 5.41 Å². The third kappa shape index (κ3) is 6.25. The Bertz CT molecular complexity index is 4220. The van der Waals surface area contributed by atoms with Crippen LogP contribution < -0.4 is 4.90 Å². The summed E-state index contributed by atoms with van der Waals surface area (Å²) in [6.45, 7) is 0. The molecule has 1 unspecified atom stereocenters. The molecular formula is C77H59N. The third-order valence-electron chi connectivity index (χ3n) is 20.2. The smallest absolute Gasteiger partial charge is 0.0719 e. The lowest BCUT2D eigenvalue weighted by atomic mass is 9.43. The van der Waals surface area contributed by atoms with E-state index in [9.17, 15) is 0 Å². The average molecular weight is 998 g/mol. The van der Waals surface area contributed by atoms with Crippen molar-refractivity contribution in [3.8, 4) is 55.6 Å². The van der Waals surface area contributed by atoms with Gasteiger partial charge in [-0.05, 0) is 216 Å². The van der Waals surface area contributed by atoms with E-state index >= 15 is 0 Å². The minimum absolute atomic E-state index is 0.0315. The molecule has 18 rings (SSSR count). The number of anilines is 3. The molecule has 0 saturated heterocycles. The Kier molecular flexibility index (Phi) is 9.71. The van der Waals surface area contributed by atoms with Crippen LogP contribution in [0.5, 0.6) is 0 Å². The molecule has 2 spiro atoms. The van der Waals surface area contributed by atoms with Gasteiger partial charge in [-0.3, -0.25) is 0 Å². The first kappa shape index (κ1) is 44.6. The molecule has 372 valence electrons. The first-order valence-electron chi connectivity index (χ1n) is 28.9. The molecular weight excluding hydrogens is 939 g/mol. The van der Waals surface area contributed by atoms with Crippen molar-refractivity contribution in [3.63, 3.8) is 0 Å². The maximum Gasteiger partial charge on any atom is 0.0719 e. The van der Waals surface area contributed by atoms with Crippen molar-refractivity contribution < 1.29 is 0 Å². The molecule has 1 nitrogen and oxygen atoms in total. The van der Waals surface area contributed by atoms with Gasteiger partial charge in [-0.25, -0.2) is 0 Å². The number of rotatable bonds is 6. The third-order valence-corrected chi connectivity index (χ3v) is 20.2. The minimum Gasteiger partial charge on any atom is -0.310 e. The van der Waals surface area contributed by atoms with Crippen LogP contribution in [0.25, 0.3) is 66.4 Å². The van der Waals surface area contributed by atoms with Crippen LogP contribution in [0.15, 0.2) is 249 Å². The second kappa shape index (κ2) is 17.0. The van der Waals surface area contributed by atoms with Crippen LogP contribution in [0.2, 0.25) is 0 Å². The van der Waals surface area contributed by atoms with Gasteiger partial charge in [0.25, 0.3) is 0 Å². The molecule has 0 aliphatic heterocycles. The maximum absolute atomic E-state index is 2.69. The summed E-state index contributed by atoms with van der Waals surface area (Å²) in [5.41, 5.74) is 27.5. The van der Waals surface area contributed by atoms with Crippen LogP contribution in [0.3, 0.4) is 0 Å². The number of nitrogens with zero attached hydrogens (tertiary/aromatic N) is 1. The molecule has 78 heavy (non-hydrogen) atoms. The number of fused-ring (bicyclic) bond motifs is 13. The molecule has 4 bridgehead atoms. The van der Waals surface area contributed by atoms with Gasteiger partial charge in [-0.1, -0.05) is 206 Å². The zero-order valence-electron chi connectivity index (χ0n) is 43.9. The molecule has 1 heteroatoms. The highest BCUT2D eigenvalue weighted by atomic mass is 15.1.